The molecule has 1 unspecified atom stereocenters. The van der Waals surface area contributed by atoms with Crippen molar-refractivity contribution in [3.05, 3.63) is 47.9 Å². The van der Waals surface area contributed by atoms with Crippen LogP contribution in [0.25, 0.3) is 11.0 Å². The molecule has 2 heterocycles. The summed E-state index contributed by atoms with van der Waals surface area (Å²) in [6, 6.07) is 7.05. The smallest absolute Gasteiger partial charge is 0.341 e. The van der Waals surface area contributed by atoms with Gasteiger partial charge in [-0.15, -0.1) is 0 Å². The lowest BCUT2D eigenvalue weighted by atomic mass is 10.2. The maximum Gasteiger partial charge on any atom is 0.341 e. The van der Waals surface area contributed by atoms with Crippen LogP contribution in [-0.4, -0.2) is 40.9 Å². The second-order valence-electron chi connectivity index (χ2n) is 6.24. The van der Waals surface area contributed by atoms with Gasteiger partial charge in [0.25, 0.3) is 5.88 Å². The molecule has 148 valence electrons. The van der Waals surface area contributed by atoms with Gasteiger partial charge in [0.2, 0.25) is 0 Å². The van der Waals surface area contributed by atoms with Gasteiger partial charge in [-0.2, -0.15) is 4.98 Å². The number of carbonyl (C=O) groups excluding carboxylic acids is 1. The maximum absolute atomic E-state index is 13.8. The van der Waals surface area contributed by atoms with Gasteiger partial charge in [0.05, 0.1) is 13.2 Å². The number of esters is 1. The molecule has 1 atom stereocenters. The van der Waals surface area contributed by atoms with Crippen molar-refractivity contribution in [2.24, 2.45) is 0 Å². The molecule has 0 radical (unpaired) electrons. The molecule has 1 aromatic carbocycles. The number of pyridine rings is 1. The lowest BCUT2D eigenvalue weighted by Gasteiger charge is -2.17. The Morgan fingerprint density at radius 2 is 2.11 bits per heavy atom. The Balaban J connectivity index is 1.99. The summed E-state index contributed by atoms with van der Waals surface area (Å²) in [5, 5.41) is 9.76. The number of nitrogens with one attached hydrogen (secondary N) is 1. The van der Waals surface area contributed by atoms with E-state index in [0.717, 1.165) is 17.5 Å². The average molecular weight is 388 g/mol. The summed E-state index contributed by atoms with van der Waals surface area (Å²) in [7, 11) is 1.24. The second kappa shape index (κ2) is 8.71. The van der Waals surface area contributed by atoms with Crippen LogP contribution in [-0.2, 0) is 4.74 Å². The summed E-state index contributed by atoms with van der Waals surface area (Å²) < 4.78 is 30.2. The third-order valence-corrected chi connectivity index (χ3v) is 4.12. The van der Waals surface area contributed by atoms with E-state index in [0.29, 0.717) is 18.5 Å². The van der Waals surface area contributed by atoms with Gasteiger partial charge >= 0.3 is 5.97 Å². The number of benzene rings is 1. The number of methoxy groups -OCH3 is 1. The minimum absolute atomic E-state index is 0.00334. The molecule has 28 heavy (non-hydrogen) atoms. The highest BCUT2D eigenvalue weighted by Crippen LogP contribution is 2.35. The molecule has 3 aromatic rings. The van der Waals surface area contributed by atoms with E-state index in [9.17, 15) is 9.18 Å². The number of aliphatic hydroxyl groups is 1. The van der Waals surface area contributed by atoms with E-state index in [2.05, 4.69) is 9.97 Å². The Kier molecular flexibility index (Phi) is 6.10. The summed E-state index contributed by atoms with van der Waals surface area (Å²) in [5.74, 6) is -0.780. The van der Waals surface area contributed by atoms with Crippen molar-refractivity contribution in [2.75, 3.05) is 13.7 Å². The summed E-state index contributed by atoms with van der Waals surface area (Å²) in [6.07, 6.45) is 2.69. The molecule has 0 saturated heterocycles. The third kappa shape index (κ3) is 4.40. The number of aromatic amines is 1. The highest BCUT2D eigenvalue weighted by atomic mass is 19.1. The topological polar surface area (TPSA) is 93.7 Å². The van der Waals surface area contributed by atoms with Crippen molar-refractivity contribution in [2.45, 2.75) is 25.9 Å². The molecule has 0 aliphatic rings. The van der Waals surface area contributed by atoms with Crippen molar-refractivity contribution in [1.29, 1.82) is 0 Å². The molecule has 2 aromatic heterocycles. The third-order valence-electron chi connectivity index (χ3n) is 4.12. The minimum Gasteiger partial charge on any atom is -0.472 e. The van der Waals surface area contributed by atoms with Crippen LogP contribution in [0.4, 0.5) is 4.39 Å². The Bertz CT molecular complexity index is 972. The van der Waals surface area contributed by atoms with E-state index in [1.807, 2.05) is 6.92 Å². The fourth-order valence-electron chi connectivity index (χ4n) is 2.71. The zero-order valence-electron chi connectivity index (χ0n) is 15.6. The van der Waals surface area contributed by atoms with Crippen molar-refractivity contribution in [3.8, 4) is 17.4 Å². The number of hydrogen-bond donors (Lipinski definition) is 2. The fraction of sp³-hybridized carbons (Fsp3) is 0.300. The first-order valence-electron chi connectivity index (χ1n) is 8.83. The summed E-state index contributed by atoms with van der Waals surface area (Å²) >= 11 is 0. The van der Waals surface area contributed by atoms with Crippen LogP contribution >= 0.6 is 0 Å². The zero-order chi connectivity index (χ0) is 20.1. The SMILES string of the molecule is COC(=O)c1ccc(F)cc1Oc1cc2cc[nH]c2nc1OC(C)CCCO. The monoisotopic (exact) mass is 388 g/mol. The van der Waals surface area contributed by atoms with Crippen molar-refractivity contribution in [3.63, 3.8) is 0 Å². The normalized spacial score (nSPS) is 12.0. The molecular weight excluding hydrogens is 367 g/mol. The van der Waals surface area contributed by atoms with Crippen molar-refractivity contribution >= 4 is 17.0 Å². The Morgan fingerprint density at radius 3 is 2.86 bits per heavy atom. The van der Waals surface area contributed by atoms with Crippen molar-refractivity contribution in [1.82, 2.24) is 9.97 Å². The number of carbonyl (C=O) groups is 1. The Labute approximate surface area is 161 Å². The van der Waals surface area contributed by atoms with Gasteiger partial charge in [-0.05, 0) is 44.0 Å². The Morgan fingerprint density at radius 1 is 1.29 bits per heavy atom. The van der Waals surface area contributed by atoms with E-state index < -0.39 is 11.8 Å². The van der Waals surface area contributed by atoms with Gasteiger partial charge in [-0.1, -0.05) is 0 Å². The minimum atomic E-state index is -0.649. The van der Waals surface area contributed by atoms with Crippen LogP contribution in [0.3, 0.4) is 0 Å². The summed E-state index contributed by atoms with van der Waals surface area (Å²) in [5.41, 5.74) is 0.682. The first kappa shape index (κ1) is 19.6. The van der Waals surface area contributed by atoms with Gasteiger partial charge in [0.1, 0.15) is 22.8 Å². The highest BCUT2D eigenvalue weighted by Gasteiger charge is 2.19. The van der Waals surface area contributed by atoms with Crippen molar-refractivity contribution < 1.29 is 28.5 Å². The van der Waals surface area contributed by atoms with E-state index >= 15 is 0 Å². The van der Waals surface area contributed by atoms with E-state index in [4.69, 9.17) is 19.3 Å². The standard InChI is InChI=1S/C20H21FN2O5/c1-12(4-3-9-24)27-19-17(10-13-7-8-22-18(13)23-19)28-16-11-14(21)5-6-15(16)20(25)26-2/h5-8,10-12,24H,3-4,9H2,1-2H3,(H,22,23). The van der Waals surface area contributed by atoms with Gasteiger partial charge in [0.15, 0.2) is 5.75 Å². The van der Waals surface area contributed by atoms with Crippen LogP contribution in [0, 0.1) is 5.82 Å². The van der Waals surface area contributed by atoms with Crippen LogP contribution in [0.5, 0.6) is 17.4 Å². The van der Waals surface area contributed by atoms with Crippen LogP contribution in [0.2, 0.25) is 0 Å². The molecule has 0 aliphatic heterocycles. The Hall–Kier alpha value is -3.13. The average Bonchev–Trinajstić information content (AvgIpc) is 3.13. The molecule has 0 bridgehead atoms. The molecule has 7 nitrogen and oxygen atoms in total. The van der Waals surface area contributed by atoms with E-state index in [-0.39, 0.29) is 35.7 Å². The first-order chi connectivity index (χ1) is 13.5. The fourth-order valence-corrected chi connectivity index (χ4v) is 2.71. The van der Waals surface area contributed by atoms with Gasteiger partial charge in [0, 0.05) is 24.3 Å². The number of halogens is 1. The number of nitrogens with zero attached hydrogens (tertiary/aromatic N) is 1. The highest BCUT2D eigenvalue weighted by molar-refractivity contribution is 5.92. The molecule has 0 spiro atoms. The van der Waals surface area contributed by atoms with Crippen LogP contribution in [0.1, 0.15) is 30.1 Å². The van der Waals surface area contributed by atoms with E-state index in [1.165, 1.54) is 13.2 Å². The number of H-pyrrole nitrogens is 1. The lowest BCUT2D eigenvalue weighted by molar-refractivity contribution is 0.0597. The summed E-state index contributed by atoms with van der Waals surface area (Å²) in [6.45, 7) is 1.91. The predicted molar refractivity (Wildman–Crippen MR) is 100 cm³/mol. The summed E-state index contributed by atoms with van der Waals surface area (Å²) in [4.78, 5) is 19.4. The maximum atomic E-state index is 13.8. The molecular formula is C20H21FN2O5. The largest absolute Gasteiger partial charge is 0.472 e. The number of fused-ring (bicyclic) bond motifs is 1. The number of ether oxygens (including phenoxy) is 3. The van der Waals surface area contributed by atoms with Gasteiger partial charge in [-0.3, -0.25) is 0 Å². The molecule has 0 saturated carbocycles. The number of aliphatic hydroxyl groups excluding tert-OH is 1. The molecule has 0 aliphatic carbocycles. The number of aromatic nitrogens is 2. The quantitative estimate of drug-likeness (QED) is 0.570. The zero-order valence-corrected chi connectivity index (χ0v) is 15.6. The predicted octanol–water partition coefficient (Wildman–Crippen LogP) is 3.82. The second-order valence-corrected chi connectivity index (χ2v) is 6.24. The van der Waals surface area contributed by atoms with E-state index in [1.54, 1.807) is 18.3 Å². The number of hydrogen-bond acceptors (Lipinski definition) is 6. The van der Waals surface area contributed by atoms with Gasteiger partial charge < -0.3 is 24.3 Å². The molecule has 2 N–H and O–H groups in total. The van der Waals surface area contributed by atoms with Crippen LogP contribution in [0.15, 0.2) is 36.5 Å². The number of rotatable bonds is 8. The lowest BCUT2D eigenvalue weighted by Crippen LogP contribution is -2.14. The molecule has 0 fully saturated rings. The molecule has 3 rings (SSSR count). The molecule has 8 heteroatoms. The molecule has 0 amide bonds. The van der Waals surface area contributed by atoms with Crippen LogP contribution < -0.4 is 9.47 Å². The van der Waals surface area contributed by atoms with Gasteiger partial charge in [-0.25, -0.2) is 9.18 Å². The first-order valence-corrected chi connectivity index (χ1v) is 8.83.